The van der Waals surface area contributed by atoms with Crippen LogP contribution >= 0.6 is 0 Å². The molecule has 2 rings (SSSR count). The van der Waals surface area contributed by atoms with Gasteiger partial charge in [-0.15, -0.1) is 0 Å². The molecule has 1 aliphatic rings. The summed E-state index contributed by atoms with van der Waals surface area (Å²) in [6.07, 6.45) is 4.69. The molecule has 0 aromatic heterocycles. The van der Waals surface area contributed by atoms with Crippen LogP contribution in [0.3, 0.4) is 0 Å². The maximum atomic E-state index is 12.6. The van der Waals surface area contributed by atoms with Crippen molar-refractivity contribution in [2.45, 2.75) is 58.1 Å². The molecule has 4 nitrogen and oxygen atoms in total. The van der Waals surface area contributed by atoms with E-state index in [1.54, 1.807) is 4.90 Å². The fourth-order valence-corrected chi connectivity index (χ4v) is 3.08. The first-order valence-electron chi connectivity index (χ1n) is 9.21. The van der Waals surface area contributed by atoms with Crippen LogP contribution in [0.2, 0.25) is 0 Å². The Bertz CT molecular complexity index is 604. The lowest BCUT2D eigenvalue weighted by Gasteiger charge is -2.31. The van der Waals surface area contributed by atoms with Gasteiger partial charge in [-0.2, -0.15) is 0 Å². The van der Waals surface area contributed by atoms with Crippen molar-refractivity contribution in [3.63, 3.8) is 0 Å². The topological polar surface area (TPSA) is 41.6 Å². The smallest absolute Gasteiger partial charge is 0.317 e. The van der Waals surface area contributed by atoms with Gasteiger partial charge in [0.2, 0.25) is 0 Å². The minimum atomic E-state index is -0.446. The summed E-state index contributed by atoms with van der Waals surface area (Å²) >= 11 is 0. The largest absolute Gasteiger partial charge is 0.378 e. The monoisotopic (exact) mass is 344 g/mol. The molecule has 1 aromatic rings. The first-order chi connectivity index (χ1) is 11.8. The van der Waals surface area contributed by atoms with Gasteiger partial charge in [0.1, 0.15) is 0 Å². The van der Waals surface area contributed by atoms with Gasteiger partial charge >= 0.3 is 6.03 Å². The summed E-state index contributed by atoms with van der Waals surface area (Å²) < 4.78 is 5.75. The zero-order valence-corrected chi connectivity index (χ0v) is 16.1. The fraction of sp³-hybridized carbons (Fsp3) is 0.571. The van der Waals surface area contributed by atoms with Crippen molar-refractivity contribution in [2.75, 3.05) is 20.2 Å². The molecule has 0 radical (unpaired) electrons. The Morgan fingerprint density at radius 3 is 2.80 bits per heavy atom. The van der Waals surface area contributed by atoms with Gasteiger partial charge in [0.25, 0.3) is 0 Å². The number of allylic oxidation sites excluding steroid dienone is 1. The summed E-state index contributed by atoms with van der Waals surface area (Å²) in [6, 6.07) is 8.14. The van der Waals surface area contributed by atoms with E-state index >= 15 is 0 Å². The van der Waals surface area contributed by atoms with Crippen LogP contribution in [-0.2, 0) is 10.3 Å². The van der Waals surface area contributed by atoms with Crippen LogP contribution in [0.1, 0.15) is 57.6 Å². The lowest BCUT2D eigenvalue weighted by atomic mass is 9.92. The van der Waals surface area contributed by atoms with E-state index in [1.165, 1.54) is 6.42 Å². The highest BCUT2D eigenvalue weighted by Gasteiger charge is 2.25. The summed E-state index contributed by atoms with van der Waals surface area (Å²) in [6.45, 7) is 11.6. The van der Waals surface area contributed by atoms with Crippen LogP contribution in [0.15, 0.2) is 30.8 Å². The molecular formula is C21H32N2O2. The van der Waals surface area contributed by atoms with Crippen molar-refractivity contribution < 1.29 is 9.53 Å². The standard InChI is InChI=1S/C21H32N2O2/c1-16(2)17-9-8-10-18(15-17)21(3,4)22-20(24)23(5)13-12-19-11-6-7-14-25-19/h8-10,15,19H,1,6-7,11-14H2,2-5H3,(H,22,24). The number of nitrogens with zero attached hydrogens (tertiary/aromatic N) is 1. The number of rotatable bonds is 6. The lowest BCUT2D eigenvalue weighted by Crippen LogP contribution is -2.47. The van der Waals surface area contributed by atoms with Crippen molar-refractivity contribution >= 4 is 11.6 Å². The average Bonchev–Trinajstić information content (AvgIpc) is 2.60. The van der Waals surface area contributed by atoms with Crippen LogP contribution in [0.25, 0.3) is 5.57 Å². The summed E-state index contributed by atoms with van der Waals surface area (Å²) in [5.74, 6) is 0. The average molecular weight is 344 g/mol. The zero-order valence-electron chi connectivity index (χ0n) is 16.1. The van der Waals surface area contributed by atoms with Gasteiger partial charge in [-0.05, 0) is 63.6 Å². The van der Waals surface area contributed by atoms with E-state index in [0.717, 1.165) is 42.6 Å². The predicted octanol–water partition coefficient (Wildman–Crippen LogP) is 4.56. The molecule has 1 heterocycles. The number of hydrogen-bond donors (Lipinski definition) is 1. The molecule has 0 aliphatic carbocycles. The number of carbonyl (C=O) groups is 1. The minimum absolute atomic E-state index is 0.0541. The van der Waals surface area contributed by atoms with E-state index in [4.69, 9.17) is 4.74 Å². The van der Waals surface area contributed by atoms with Gasteiger partial charge in [0.15, 0.2) is 0 Å². The second-order valence-electron chi connectivity index (χ2n) is 7.62. The molecule has 1 unspecified atom stereocenters. The maximum Gasteiger partial charge on any atom is 0.317 e. The van der Waals surface area contributed by atoms with Gasteiger partial charge < -0.3 is 15.0 Å². The van der Waals surface area contributed by atoms with Crippen LogP contribution < -0.4 is 5.32 Å². The molecule has 1 aliphatic heterocycles. The predicted molar refractivity (Wildman–Crippen MR) is 104 cm³/mol. The third-order valence-corrected chi connectivity index (χ3v) is 4.90. The van der Waals surface area contributed by atoms with E-state index in [9.17, 15) is 4.79 Å². The van der Waals surface area contributed by atoms with E-state index in [2.05, 4.69) is 18.0 Å². The number of nitrogens with one attached hydrogen (secondary N) is 1. The van der Waals surface area contributed by atoms with Crippen molar-refractivity contribution in [3.8, 4) is 0 Å². The van der Waals surface area contributed by atoms with E-state index in [0.29, 0.717) is 12.6 Å². The highest BCUT2D eigenvalue weighted by molar-refractivity contribution is 5.75. The first kappa shape index (κ1) is 19.5. The van der Waals surface area contributed by atoms with Crippen LogP contribution in [0.4, 0.5) is 4.79 Å². The minimum Gasteiger partial charge on any atom is -0.378 e. The zero-order chi connectivity index (χ0) is 18.4. The molecule has 4 heteroatoms. The Morgan fingerprint density at radius 2 is 2.16 bits per heavy atom. The Balaban J connectivity index is 1.92. The SMILES string of the molecule is C=C(C)c1cccc(C(C)(C)NC(=O)N(C)CCC2CCCCO2)c1. The molecule has 2 amide bonds. The molecule has 0 saturated carbocycles. The summed E-state index contributed by atoms with van der Waals surface area (Å²) in [5, 5.41) is 3.14. The van der Waals surface area contributed by atoms with Crippen molar-refractivity contribution in [2.24, 2.45) is 0 Å². The van der Waals surface area contributed by atoms with E-state index in [1.807, 2.05) is 46.0 Å². The number of ether oxygens (including phenoxy) is 1. The molecule has 1 fully saturated rings. The van der Waals surface area contributed by atoms with Crippen LogP contribution in [0.5, 0.6) is 0 Å². The summed E-state index contributed by atoms with van der Waals surface area (Å²) in [7, 11) is 1.85. The fourth-order valence-electron chi connectivity index (χ4n) is 3.08. The molecule has 1 aromatic carbocycles. The van der Waals surface area contributed by atoms with Crippen molar-refractivity contribution in [1.29, 1.82) is 0 Å². The Hall–Kier alpha value is -1.81. The number of hydrogen-bond acceptors (Lipinski definition) is 2. The Morgan fingerprint density at radius 1 is 1.40 bits per heavy atom. The van der Waals surface area contributed by atoms with Crippen molar-refractivity contribution in [3.05, 3.63) is 42.0 Å². The molecule has 138 valence electrons. The quantitative estimate of drug-likeness (QED) is 0.822. The molecule has 0 spiro atoms. The van der Waals surface area contributed by atoms with Crippen LogP contribution in [0, 0.1) is 0 Å². The third kappa shape index (κ3) is 5.60. The highest BCUT2D eigenvalue weighted by Crippen LogP contribution is 2.24. The second kappa shape index (κ2) is 8.52. The van der Waals surface area contributed by atoms with Crippen molar-refractivity contribution in [1.82, 2.24) is 10.2 Å². The van der Waals surface area contributed by atoms with Gasteiger partial charge in [-0.1, -0.05) is 30.4 Å². The lowest BCUT2D eigenvalue weighted by molar-refractivity contribution is 0.00818. The van der Waals surface area contributed by atoms with E-state index < -0.39 is 5.54 Å². The summed E-state index contributed by atoms with van der Waals surface area (Å²) in [4.78, 5) is 14.3. The maximum absolute atomic E-state index is 12.6. The van der Waals surface area contributed by atoms with E-state index in [-0.39, 0.29) is 6.03 Å². The Kier molecular flexibility index (Phi) is 6.65. The molecule has 1 N–H and O–H groups in total. The molecular weight excluding hydrogens is 312 g/mol. The number of amides is 2. The number of carbonyl (C=O) groups excluding carboxylic acids is 1. The molecule has 1 saturated heterocycles. The highest BCUT2D eigenvalue weighted by atomic mass is 16.5. The normalized spacial score (nSPS) is 17.8. The number of urea groups is 1. The molecule has 25 heavy (non-hydrogen) atoms. The van der Waals surface area contributed by atoms with Gasteiger partial charge in [-0.25, -0.2) is 4.79 Å². The second-order valence-corrected chi connectivity index (χ2v) is 7.62. The van der Waals surface area contributed by atoms with Gasteiger partial charge in [-0.3, -0.25) is 0 Å². The molecule has 1 atom stereocenters. The summed E-state index contributed by atoms with van der Waals surface area (Å²) in [5.41, 5.74) is 2.75. The van der Waals surface area contributed by atoms with Gasteiger partial charge in [0.05, 0.1) is 11.6 Å². The molecule has 0 bridgehead atoms. The van der Waals surface area contributed by atoms with Crippen LogP contribution in [-0.4, -0.2) is 37.2 Å². The number of benzene rings is 1. The third-order valence-electron chi connectivity index (χ3n) is 4.90. The van der Waals surface area contributed by atoms with Gasteiger partial charge in [0, 0.05) is 20.2 Å². The Labute approximate surface area is 152 Å². The first-order valence-corrected chi connectivity index (χ1v) is 9.21.